The van der Waals surface area contributed by atoms with Crippen molar-refractivity contribution in [2.45, 2.75) is 19.3 Å². The van der Waals surface area contributed by atoms with Crippen LogP contribution in [0, 0.1) is 5.82 Å². The topological polar surface area (TPSA) is 21.5 Å². The Labute approximate surface area is 158 Å². The first kappa shape index (κ1) is 17.2. The van der Waals surface area contributed by atoms with E-state index in [1.54, 1.807) is 0 Å². The average Bonchev–Trinajstić information content (AvgIpc) is 3.01. The molecule has 0 unspecified atom stereocenters. The maximum absolute atomic E-state index is 13.0. The maximum atomic E-state index is 13.0. The fraction of sp³-hybridized carbons (Fsp3) is 0.316. The minimum absolute atomic E-state index is 0. The summed E-state index contributed by atoms with van der Waals surface area (Å²) in [5, 5.41) is 0. The minimum Gasteiger partial charge on any atom is -1.00 e. The first-order valence-electron chi connectivity index (χ1n) is 7.95. The van der Waals surface area contributed by atoms with Crippen LogP contribution in [0.3, 0.4) is 0 Å². The molecule has 0 bridgehead atoms. The summed E-state index contributed by atoms with van der Waals surface area (Å²) in [6, 6.07) is 11.0. The zero-order valence-corrected chi connectivity index (χ0v) is 15.7. The molecule has 2 heterocycles. The Morgan fingerprint density at radius 1 is 1.04 bits per heavy atom. The van der Waals surface area contributed by atoms with Crippen LogP contribution in [0.25, 0.3) is 0 Å². The van der Waals surface area contributed by atoms with E-state index in [0.717, 1.165) is 42.9 Å². The van der Waals surface area contributed by atoms with E-state index in [2.05, 4.69) is 23.8 Å². The first-order chi connectivity index (χ1) is 11.2. The van der Waals surface area contributed by atoms with Gasteiger partial charge in [0.25, 0.3) is 0 Å². The third kappa shape index (κ3) is 3.27. The number of hydrogen-bond donors (Lipinski definition) is 0. The van der Waals surface area contributed by atoms with E-state index >= 15 is 0 Å². The third-order valence-electron chi connectivity index (χ3n) is 4.65. The van der Waals surface area contributed by atoms with E-state index in [-0.39, 0.29) is 29.8 Å². The molecule has 0 aliphatic carbocycles. The molecule has 3 nitrogen and oxygen atoms in total. The predicted molar refractivity (Wildman–Crippen MR) is 86.2 cm³/mol. The van der Waals surface area contributed by atoms with Crippen molar-refractivity contribution in [3.8, 4) is 11.5 Å². The Kier molecular flexibility index (Phi) is 5.08. The van der Waals surface area contributed by atoms with Crippen LogP contribution in [0.15, 0.2) is 36.4 Å². The number of likely N-dealkylation sites (N-methyl/N-ethyl adjacent to an activating group) is 1. The second-order valence-corrected chi connectivity index (χ2v) is 6.11. The van der Waals surface area contributed by atoms with E-state index in [1.165, 1.54) is 29.0 Å². The van der Waals surface area contributed by atoms with Gasteiger partial charge in [-0.15, -0.1) is 0 Å². The molecule has 0 atom stereocenters. The summed E-state index contributed by atoms with van der Waals surface area (Å²) in [6.45, 7) is 1.31. The van der Waals surface area contributed by atoms with Crippen molar-refractivity contribution >= 4 is 5.71 Å². The lowest BCUT2D eigenvalue weighted by Crippen LogP contribution is -3.00. The van der Waals surface area contributed by atoms with E-state index in [0.29, 0.717) is 6.79 Å². The van der Waals surface area contributed by atoms with Crippen molar-refractivity contribution in [3.63, 3.8) is 0 Å². The fourth-order valence-electron chi connectivity index (χ4n) is 3.33. The number of rotatable bonds is 3. The van der Waals surface area contributed by atoms with Crippen LogP contribution >= 0.6 is 0 Å². The van der Waals surface area contributed by atoms with E-state index < -0.39 is 0 Å². The molecule has 0 amide bonds. The molecule has 0 N–H and O–H groups in total. The Hall–Kier alpha value is -1.63. The van der Waals surface area contributed by atoms with E-state index in [1.807, 2.05) is 12.1 Å². The summed E-state index contributed by atoms with van der Waals surface area (Å²) in [4.78, 5) is 0. The van der Waals surface area contributed by atoms with Gasteiger partial charge in [-0.2, -0.15) is 0 Å². The highest BCUT2D eigenvalue weighted by Gasteiger charge is 2.27. The van der Waals surface area contributed by atoms with Gasteiger partial charge in [-0.3, -0.25) is 0 Å². The molecule has 24 heavy (non-hydrogen) atoms. The molecule has 126 valence electrons. The summed E-state index contributed by atoms with van der Waals surface area (Å²) >= 11 is 0. The van der Waals surface area contributed by atoms with Gasteiger partial charge in [0.15, 0.2) is 17.2 Å². The number of hydrogen-bond acceptors (Lipinski definition) is 2. The van der Waals surface area contributed by atoms with Crippen LogP contribution in [0.5, 0.6) is 11.5 Å². The average molecular weight is 439 g/mol. The van der Waals surface area contributed by atoms with Gasteiger partial charge in [0, 0.05) is 18.4 Å². The molecule has 0 saturated heterocycles. The highest BCUT2D eigenvalue weighted by Crippen LogP contribution is 2.36. The molecule has 0 spiro atoms. The number of halogens is 2. The summed E-state index contributed by atoms with van der Waals surface area (Å²) in [5.74, 6) is 1.50. The molecule has 0 radical (unpaired) electrons. The van der Waals surface area contributed by atoms with Crippen molar-refractivity contribution in [2.24, 2.45) is 0 Å². The molecule has 2 aliphatic rings. The van der Waals surface area contributed by atoms with Crippen LogP contribution in [0.1, 0.15) is 23.1 Å². The Morgan fingerprint density at radius 3 is 2.50 bits per heavy atom. The highest BCUT2D eigenvalue weighted by molar-refractivity contribution is 5.99. The summed E-state index contributed by atoms with van der Waals surface area (Å²) < 4.78 is 26.4. The molecule has 0 fully saturated rings. The van der Waals surface area contributed by atoms with E-state index in [4.69, 9.17) is 9.47 Å². The molecule has 2 aliphatic heterocycles. The van der Waals surface area contributed by atoms with Crippen LogP contribution in [-0.2, 0) is 12.8 Å². The van der Waals surface area contributed by atoms with Gasteiger partial charge in [0.05, 0.1) is 0 Å². The van der Waals surface area contributed by atoms with Gasteiger partial charge in [-0.05, 0) is 41.8 Å². The van der Waals surface area contributed by atoms with Crippen LogP contribution < -0.4 is 33.5 Å². The van der Waals surface area contributed by atoms with Crippen molar-refractivity contribution in [1.82, 2.24) is 0 Å². The fourth-order valence-corrected chi connectivity index (χ4v) is 3.33. The number of nitrogens with zero attached hydrogens (tertiary/aromatic N) is 1. The van der Waals surface area contributed by atoms with Gasteiger partial charge in [-0.25, -0.2) is 8.97 Å². The highest BCUT2D eigenvalue weighted by atomic mass is 127. The second-order valence-electron chi connectivity index (χ2n) is 6.11. The summed E-state index contributed by atoms with van der Waals surface area (Å²) in [5.41, 5.74) is 5.04. The summed E-state index contributed by atoms with van der Waals surface area (Å²) in [7, 11) is 2.13. The van der Waals surface area contributed by atoms with Crippen LogP contribution in [-0.4, -0.2) is 30.7 Å². The number of aryl methyl sites for hydroxylation is 1. The van der Waals surface area contributed by atoms with E-state index in [9.17, 15) is 4.39 Å². The molecule has 0 aromatic heterocycles. The molecule has 0 saturated carbocycles. The smallest absolute Gasteiger partial charge is 0.231 e. The monoisotopic (exact) mass is 439 g/mol. The predicted octanol–water partition coefficient (Wildman–Crippen LogP) is 0.179. The van der Waals surface area contributed by atoms with Crippen molar-refractivity contribution < 1.29 is 42.4 Å². The Balaban J connectivity index is 0.00000169. The number of ether oxygens (including phenoxy) is 2. The standard InChI is InChI=1S/C19H19FNO2.HI/c1-21-9-8-14-10-18-19(23-12-22-18)11-16(14)17(21)7-4-13-2-5-15(20)6-3-13;/h2-3,5-6,10-11H,4,7-9,12H2,1H3;1H/q+1;/p-1. The molecule has 2 aromatic carbocycles. The van der Waals surface area contributed by atoms with Gasteiger partial charge in [0.2, 0.25) is 6.79 Å². The van der Waals surface area contributed by atoms with Crippen molar-refractivity contribution in [2.75, 3.05) is 20.4 Å². The summed E-state index contributed by atoms with van der Waals surface area (Å²) in [6.07, 6.45) is 2.84. The lowest BCUT2D eigenvalue weighted by atomic mass is 9.92. The van der Waals surface area contributed by atoms with Crippen LogP contribution in [0.4, 0.5) is 4.39 Å². The van der Waals surface area contributed by atoms with Crippen LogP contribution in [0.2, 0.25) is 0 Å². The van der Waals surface area contributed by atoms with Gasteiger partial charge in [-0.1, -0.05) is 12.1 Å². The molecular weight excluding hydrogens is 420 g/mol. The number of fused-ring (bicyclic) bond motifs is 2. The quantitative estimate of drug-likeness (QED) is 0.503. The maximum Gasteiger partial charge on any atom is 0.231 e. The van der Waals surface area contributed by atoms with Gasteiger partial charge >= 0.3 is 0 Å². The molecule has 4 rings (SSSR count). The SMILES string of the molecule is C[N+]1=C(CCc2ccc(F)cc2)c2cc3c(cc2CC1)OCO3.[I-]. The molecular formula is C19H19FINO2. The first-order valence-corrected chi connectivity index (χ1v) is 7.95. The molecule has 2 aromatic rings. The van der Waals surface area contributed by atoms with Gasteiger partial charge in [0.1, 0.15) is 19.4 Å². The lowest BCUT2D eigenvalue weighted by molar-refractivity contribution is -0.499. The lowest BCUT2D eigenvalue weighted by Gasteiger charge is -2.17. The minimum atomic E-state index is -0.186. The Morgan fingerprint density at radius 2 is 1.75 bits per heavy atom. The zero-order chi connectivity index (χ0) is 15.8. The third-order valence-corrected chi connectivity index (χ3v) is 4.65. The Bertz CT molecular complexity index is 787. The normalized spacial score (nSPS) is 15.1. The largest absolute Gasteiger partial charge is 1.00 e. The van der Waals surface area contributed by atoms with Crippen molar-refractivity contribution in [1.29, 1.82) is 0 Å². The number of benzene rings is 2. The zero-order valence-electron chi connectivity index (χ0n) is 13.5. The molecule has 5 heteroatoms. The second kappa shape index (κ2) is 7.09. The van der Waals surface area contributed by atoms with Crippen molar-refractivity contribution in [3.05, 3.63) is 58.9 Å². The van der Waals surface area contributed by atoms with Gasteiger partial charge < -0.3 is 33.5 Å².